The van der Waals surface area contributed by atoms with E-state index in [9.17, 15) is 0 Å². The molecule has 0 saturated heterocycles. The number of anilines is 3. The first-order valence-corrected chi connectivity index (χ1v) is 24.6. The summed E-state index contributed by atoms with van der Waals surface area (Å²) in [7, 11) is 0. The normalized spacial score (nSPS) is 13.7. The standard InChI is InChI=1S/C68H52N2/c1-67(2)60-28-18-17-27-55(60)56-40-38-54(42-62(56)67)69(51-25-15-8-16-26-51)52-34-31-47(32-35-52)50-33-39-57-58-43-59-64(44-63(58)68(3,4)61(57)41-50)70(53-36-29-46(30-37-53)45-19-9-5-10-20-45)66(49-23-13-7-14-24-49)65(59)48-21-11-6-12-22-48/h5-44H,1-4H3. The fourth-order valence-electron chi connectivity index (χ4n) is 11.8. The third-order valence-corrected chi connectivity index (χ3v) is 15.4. The van der Waals surface area contributed by atoms with Gasteiger partial charge in [0.2, 0.25) is 0 Å². The average molecular weight is 897 g/mol. The van der Waals surface area contributed by atoms with Gasteiger partial charge in [-0.05, 0) is 145 Å². The molecule has 0 amide bonds. The summed E-state index contributed by atoms with van der Waals surface area (Å²) in [6.45, 7) is 9.52. The van der Waals surface area contributed by atoms with E-state index in [1.807, 2.05) is 0 Å². The number of hydrogen-bond donors (Lipinski definition) is 0. The van der Waals surface area contributed by atoms with Crippen LogP contribution in [0.15, 0.2) is 243 Å². The molecule has 0 radical (unpaired) electrons. The minimum absolute atomic E-state index is 0.0876. The van der Waals surface area contributed by atoms with Crippen molar-refractivity contribution in [3.8, 4) is 72.6 Å². The van der Waals surface area contributed by atoms with E-state index in [2.05, 4.69) is 280 Å². The Balaban J connectivity index is 0.915. The van der Waals surface area contributed by atoms with Crippen molar-refractivity contribution in [1.82, 2.24) is 4.57 Å². The molecule has 10 aromatic carbocycles. The number of fused-ring (bicyclic) bond motifs is 7. The molecule has 0 saturated carbocycles. The second-order valence-corrected chi connectivity index (χ2v) is 20.1. The van der Waals surface area contributed by atoms with Gasteiger partial charge in [0.25, 0.3) is 0 Å². The van der Waals surface area contributed by atoms with Crippen LogP contribution in [-0.4, -0.2) is 4.57 Å². The van der Waals surface area contributed by atoms with E-state index in [1.165, 1.54) is 100 Å². The Bertz CT molecular complexity index is 3770. The Morgan fingerprint density at radius 3 is 1.47 bits per heavy atom. The molecule has 0 bridgehead atoms. The average Bonchev–Trinajstić information content (AvgIpc) is 3.95. The molecule has 0 N–H and O–H groups in total. The second-order valence-electron chi connectivity index (χ2n) is 20.1. The smallest absolute Gasteiger partial charge is 0.0619 e. The van der Waals surface area contributed by atoms with E-state index in [-0.39, 0.29) is 10.8 Å². The molecule has 1 aromatic heterocycles. The molecule has 2 aliphatic rings. The van der Waals surface area contributed by atoms with Crippen LogP contribution < -0.4 is 4.90 Å². The number of aromatic nitrogens is 1. The van der Waals surface area contributed by atoms with Gasteiger partial charge in [-0.2, -0.15) is 0 Å². The summed E-state index contributed by atoms with van der Waals surface area (Å²) in [5.41, 5.74) is 25.9. The summed E-state index contributed by atoms with van der Waals surface area (Å²) in [5, 5.41) is 1.25. The number of para-hydroxylation sites is 1. The highest BCUT2D eigenvalue weighted by Crippen LogP contribution is 2.54. The highest BCUT2D eigenvalue weighted by Gasteiger charge is 2.38. The molecule has 0 unspecified atom stereocenters. The van der Waals surface area contributed by atoms with Crippen LogP contribution in [0.3, 0.4) is 0 Å². The molecule has 13 rings (SSSR count). The third kappa shape index (κ3) is 6.55. The van der Waals surface area contributed by atoms with Crippen LogP contribution in [0, 0.1) is 0 Å². The summed E-state index contributed by atoms with van der Waals surface area (Å²) in [4.78, 5) is 2.40. The summed E-state index contributed by atoms with van der Waals surface area (Å²) >= 11 is 0. The van der Waals surface area contributed by atoms with E-state index in [4.69, 9.17) is 0 Å². The number of benzene rings is 10. The summed E-state index contributed by atoms with van der Waals surface area (Å²) in [6.07, 6.45) is 0. The maximum Gasteiger partial charge on any atom is 0.0619 e. The Kier molecular flexibility index (Phi) is 9.58. The molecular formula is C68H52N2. The Hall–Kier alpha value is -8.46. The van der Waals surface area contributed by atoms with Crippen LogP contribution in [0.4, 0.5) is 17.1 Å². The Labute approximate surface area is 411 Å². The maximum atomic E-state index is 2.51. The SMILES string of the molecule is CC1(C)c2ccccc2-c2ccc(N(c3ccccc3)c3ccc(-c4ccc5c(c4)C(C)(C)c4cc6c(cc4-5)c(-c4ccccc4)c(-c4ccccc4)n6-c4ccc(-c5ccccc5)cc4)cc3)cc21. The number of nitrogens with zero attached hydrogens (tertiary/aromatic N) is 2. The Morgan fingerprint density at radius 1 is 0.314 bits per heavy atom. The minimum Gasteiger partial charge on any atom is -0.310 e. The Morgan fingerprint density at radius 2 is 0.771 bits per heavy atom. The number of rotatable bonds is 8. The first kappa shape index (κ1) is 41.7. The van der Waals surface area contributed by atoms with E-state index in [0.29, 0.717) is 0 Å². The van der Waals surface area contributed by atoms with Gasteiger partial charge in [0.1, 0.15) is 0 Å². The summed E-state index contributed by atoms with van der Waals surface area (Å²) < 4.78 is 2.51. The first-order chi connectivity index (χ1) is 34.2. The topological polar surface area (TPSA) is 8.17 Å². The lowest BCUT2D eigenvalue weighted by atomic mass is 9.81. The van der Waals surface area contributed by atoms with Gasteiger partial charge in [-0.1, -0.05) is 204 Å². The van der Waals surface area contributed by atoms with Gasteiger partial charge in [-0.15, -0.1) is 0 Å². The van der Waals surface area contributed by atoms with Gasteiger partial charge in [0.15, 0.2) is 0 Å². The molecule has 0 spiro atoms. The predicted molar refractivity (Wildman–Crippen MR) is 295 cm³/mol. The van der Waals surface area contributed by atoms with Crippen LogP contribution in [0.25, 0.3) is 83.5 Å². The van der Waals surface area contributed by atoms with Crippen molar-refractivity contribution in [3.63, 3.8) is 0 Å². The molecule has 0 atom stereocenters. The molecule has 2 nitrogen and oxygen atoms in total. The van der Waals surface area contributed by atoms with Gasteiger partial charge >= 0.3 is 0 Å². The van der Waals surface area contributed by atoms with E-state index in [1.54, 1.807) is 0 Å². The third-order valence-electron chi connectivity index (χ3n) is 15.4. The largest absolute Gasteiger partial charge is 0.310 e. The van der Waals surface area contributed by atoms with Crippen molar-refractivity contribution in [3.05, 3.63) is 265 Å². The summed E-state index contributed by atoms with van der Waals surface area (Å²) in [5.74, 6) is 0. The quantitative estimate of drug-likeness (QED) is 0.148. The van der Waals surface area contributed by atoms with Crippen molar-refractivity contribution in [2.45, 2.75) is 38.5 Å². The van der Waals surface area contributed by atoms with Gasteiger partial charge < -0.3 is 9.47 Å². The molecule has 334 valence electrons. The number of hydrogen-bond acceptors (Lipinski definition) is 1. The molecular weight excluding hydrogens is 845 g/mol. The van der Waals surface area contributed by atoms with Crippen LogP contribution >= 0.6 is 0 Å². The van der Waals surface area contributed by atoms with Gasteiger partial charge in [0, 0.05) is 44.5 Å². The van der Waals surface area contributed by atoms with Crippen molar-refractivity contribution >= 4 is 28.0 Å². The monoisotopic (exact) mass is 896 g/mol. The fraction of sp³-hybridized carbons (Fsp3) is 0.0882. The van der Waals surface area contributed by atoms with Crippen molar-refractivity contribution < 1.29 is 0 Å². The van der Waals surface area contributed by atoms with Crippen molar-refractivity contribution in [2.75, 3.05) is 4.90 Å². The van der Waals surface area contributed by atoms with Crippen LogP contribution in [0.5, 0.6) is 0 Å². The second kappa shape index (κ2) is 16.1. The maximum absolute atomic E-state index is 2.51. The zero-order chi connectivity index (χ0) is 47.1. The zero-order valence-electron chi connectivity index (χ0n) is 40.0. The van der Waals surface area contributed by atoms with Gasteiger partial charge in [-0.25, -0.2) is 0 Å². The molecule has 11 aromatic rings. The molecule has 70 heavy (non-hydrogen) atoms. The van der Waals surface area contributed by atoms with Crippen LogP contribution in [0.1, 0.15) is 49.9 Å². The molecule has 2 heteroatoms. The van der Waals surface area contributed by atoms with Crippen molar-refractivity contribution in [2.24, 2.45) is 0 Å². The van der Waals surface area contributed by atoms with Gasteiger partial charge in [-0.3, -0.25) is 0 Å². The first-order valence-electron chi connectivity index (χ1n) is 24.6. The summed E-state index contributed by atoms with van der Waals surface area (Å²) in [6, 6.07) is 89.6. The predicted octanol–water partition coefficient (Wildman–Crippen LogP) is 18.4. The lowest BCUT2D eigenvalue weighted by Crippen LogP contribution is -2.16. The molecule has 0 aliphatic heterocycles. The van der Waals surface area contributed by atoms with E-state index >= 15 is 0 Å². The van der Waals surface area contributed by atoms with E-state index < -0.39 is 0 Å². The van der Waals surface area contributed by atoms with Gasteiger partial charge in [0.05, 0.1) is 11.2 Å². The van der Waals surface area contributed by atoms with Crippen molar-refractivity contribution in [1.29, 1.82) is 0 Å². The minimum atomic E-state index is -0.244. The highest BCUT2D eigenvalue weighted by molar-refractivity contribution is 6.08. The van der Waals surface area contributed by atoms with Crippen LogP contribution in [-0.2, 0) is 10.8 Å². The lowest BCUT2D eigenvalue weighted by molar-refractivity contribution is 0.660. The molecule has 1 heterocycles. The fourth-order valence-corrected chi connectivity index (χ4v) is 11.8. The van der Waals surface area contributed by atoms with Crippen LogP contribution in [0.2, 0.25) is 0 Å². The molecule has 2 aliphatic carbocycles. The molecule has 0 fully saturated rings. The lowest BCUT2D eigenvalue weighted by Gasteiger charge is -2.28. The zero-order valence-corrected chi connectivity index (χ0v) is 40.0. The highest BCUT2D eigenvalue weighted by atomic mass is 15.1. The van der Waals surface area contributed by atoms with E-state index in [0.717, 1.165) is 22.7 Å².